The highest BCUT2D eigenvalue weighted by Gasteiger charge is 2.50. The summed E-state index contributed by atoms with van der Waals surface area (Å²) in [6.07, 6.45) is 6.48. The number of rotatable bonds is 7. The van der Waals surface area contributed by atoms with Gasteiger partial charge in [-0.2, -0.15) is 0 Å². The fraction of sp³-hybridized carbons (Fsp3) is 0.457. The molecular weight excluding hydrogens is 528 g/mol. The highest BCUT2D eigenvalue weighted by atomic mass is 16.5. The number of carbonyl (C=O) groups excluding carboxylic acids is 2. The first-order chi connectivity index (χ1) is 20.0. The van der Waals surface area contributed by atoms with Crippen molar-refractivity contribution >= 4 is 23.4 Å². The number of benzene rings is 2. The normalized spacial score (nSPS) is 23.0. The fourth-order valence-corrected chi connectivity index (χ4v) is 7.46. The molecule has 1 N–H and O–H groups in total. The number of carboxylic acid groups (broad SMARTS) is 1. The number of likely N-dealkylation sites (tertiary alicyclic amines) is 1. The standard InChI is InChI=1S/C35H42N2O5/c1-5-42-23-30(38)36-21-18-35(19-22-36,27-9-7-6-8-10-27)32(41)37-20-16-29-33(2,3)28(15-17-34(29,4)24-37)25-11-13-26(14-12-25)31(39)40/h6-16H,5,17-24H2,1-4H3,(H,39,40)/t34-/m1/s1. The van der Waals surface area contributed by atoms with E-state index in [1.54, 1.807) is 12.1 Å². The molecule has 0 saturated carbocycles. The summed E-state index contributed by atoms with van der Waals surface area (Å²) in [5.74, 6) is -0.811. The number of hydrogen-bond acceptors (Lipinski definition) is 4. The molecular formula is C35H42N2O5. The van der Waals surface area contributed by atoms with Gasteiger partial charge in [0, 0.05) is 43.6 Å². The lowest BCUT2D eigenvalue weighted by Gasteiger charge is -2.52. The second-order valence-corrected chi connectivity index (χ2v) is 12.7. The summed E-state index contributed by atoms with van der Waals surface area (Å²) >= 11 is 0. The number of fused-ring (bicyclic) bond motifs is 1. The molecule has 2 aromatic rings. The summed E-state index contributed by atoms with van der Waals surface area (Å²) in [6, 6.07) is 17.2. The molecule has 2 amide bonds. The zero-order valence-electron chi connectivity index (χ0n) is 25.2. The molecule has 3 aliphatic rings. The highest BCUT2D eigenvalue weighted by Crippen LogP contribution is 2.55. The van der Waals surface area contributed by atoms with Crippen LogP contribution in [0, 0.1) is 10.8 Å². The topological polar surface area (TPSA) is 87.2 Å². The first-order valence-corrected chi connectivity index (χ1v) is 15.0. The Balaban J connectivity index is 1.40. The molecule has 7 heteroatoms. The molecule has 2 aliphatic heterocycles. The largest absolute Gasteiger partial charge is 0.478 e. The maximum absolute atomic E-state index is 14.6. The number of aromatic carboxylic acids is 1. The molecule has 5 rings (SSSR count). The van der Waals surface area contributed by atoms with Crippen molar-refractivity contribution in [3.63, 3.8) is 0 Å². The number of hydrogen-bond donors (Lipinski definition) is 1. The van der Waals surface area contributed by atoms with E-state index in [1.165, 1.54) is 11.1 Å². The van der Waals surface area contributed by atoms with Crippen LogP contribution in [0.15, 0.2) is 72.3 Å². The van der Waals surface area contributed by atoms with Gasteiger partial charge in [-0.1, -0.05) is 81.0 Å². The maximum atomic E-state index is 14.6. The van der Waals surface area contributed by atoms with Gasteiger partial charge in [0.1, 0.15) is 6.61 Å². The predicted octanol–water partition coefficient (Wildman–Crippen LogP) is 5.57. The molecule has 2 heterocycles. The Labute approximate surface area is 248 Å². The summed E-state index contributed by atoms with van der Waals surface area (Å²) in [6.45, 7) is 11.4. The van der Waals surface area contributed by atoms with Crippen molar-refractivity contribution in [2.75, 3.05) is 39.4 Å². The van der Waals surface area contributed by atoms with E-state index in [-0.39, 0.29) is 34.8 Å². The van der Waals surface area contributed by atoms with Crippen LogP contribution in [-0.2, 0) is 19.7 Å². The fourth-order valence-electron chi connectivity index (χ4n) is 7.46. The van der Waals surface area contributed by atoms with E-state index < -0.39 is 11.4 Å². The quantitative estimate of drug-likeness (QED) is 0.440. The second kappa shape index (κ2) is 11.5. The molecule has 2 aromatic carbocycles. The second-order valence-electron chi connectivity index (χ2n) is 12.7. The van der Waals surface area contributed by atoms with E-state index in [4.69, 9.17) is 4.74 Å². The summed E-state index contributed by atoms with van der Waals surface area (Å²) < 4.78 is 5.36. The highest BCUT2D eigenvalue weighted by molar-refractivity contribution is 5.90. The summed E-state index contributed by atoms with van der Waals surface area (Å²) in [5.41, 5.74) is 3.67. The van der Waals surface area contributed by atoms with Crippen molar-refractivity contribution in [1.82, 2.24) is 9.80 Å². The van der Waals surface area contributed by atoms with Gasteiger partial charge in [0.05, 0.1) is 11.0 Å². The third-order valence-corrected chi connectivity index (χ3v) is 9.67. The number of carbonyl (C=O) groups is 3. The molecule has 1 saturated heterocycles. The molecule has 0 spiro atoms. The van der Waals surface area contributed by atoms with Crippen LogP contribution in [0.5, 0.6) is 0 Å². The molecule has 7 nitrogen and oxygen atoms in total. The number of allylic oxidation sites excluding steroid dienone is 2. The van der Waals surface area contributed by atoms with E-state index in [0.29, 0.717) is 45.6 Å². The lowest BCUT2D eigenvalue weighted by atomic mass is 9.58. The minimum Gasteiger partial charge on any atom is -0.478 e. The van der Waals surface area contributed by atoms with Gasteiger partial charge in [-0.3, -0.25) is 9.59 Å². The molecule has 0 radical (unpaired) electrons. The number of nitrogens with zero attached hydrogens (tertiary/aromatic N) is 2. The number of piperidine rings is 1. The Bertz CT molecular complexity index is 1400. The monoisotopic (exact) mass is 570 g/mol. The third kappa shape index (κ3) is 5.31. The minimum atomic E-state index is -0.929. The van der Waals surface area contributed by atoms with Gasteiger partial charge in [0.25, 0.3) is 0 Å². The number of amides is 2. The van der Waals surface area contributed by atoms with E-state index in [9.17, 15) is 19.5 Å². The van der Waals surface area contributed by atoms with Crippen LogP contribution in [0.3, 0.4) is 0 Å². The van der Waals surface area contributed by atoms with Gasteiger partial charge in [-0.25, -0.2) is 4.79 Å². The SMILES string of the molecule is CCOCC(=O)N1CCC(C(=O)N2CC=C3C(C)(C)C(c4ccc(C(=O)O)cc4)=CC[C@]3(C)C2)(c2ccccc2)CC1. The summed E-state index contributed by atoms with van der Waals surface area (Å²) in [5, 5.41) is 9.32. The molecule has 0 aromatic heterocycles. The van der Waals surface area contributed by atoms with E-state index >= 15 is 0 Å². The van der Waals surface area contributed by atoms with Gasteiger partial charge < -0.3 is 19.6 Å². The van der Waals surface area contributed by atoms with Crippen molar-refractivity contribution in [3.8, 4) is 0 Å². The Morgan fingerprint density at radius 2 is 1.57 bits per heavy atom. The molecule has 42 heavy (non-hydrogen) atoms. The summed E-state index contributed by atoms with van der Waals surface area (Å²) in [7, 11) is 0. The van der Waals surface area contributed by atoms with Crippen LogP contribution >= 0.6 is 0 Å². The molecule has 0 unspecified atom stereocenters. The smallest absolute Gasteiger partial charge is 0.335 e. The van der Waals surface area contributed by atoms with E-state index in [1.807, 2.05) is 47.1 Å². The Hall–Kier alpha value is -3.71. The van der Waals surface area contributed by atoms with Gasteiger partial charge >= 0.3 is 5.97 Å². The first-order valence-electron chi connectivity index (χ1n) is 15.0. The Kier molecular flexibility index (Phi) is 8.17. The van der Waals surface area contributed by atoms with Crippen molar-refractivity contribution in [2.24, 2.45) is 10.8 Å². The van der Waals surface area contributed by atoms with Gasteiger partial charge in [-0.05, 0) is 55.0 Å². The number of ether oxygens (including phenoxy) is 1. The Morgan fingerprint density at radius 3 is 2.19 bits per heavy atom. The lowest BCUT2D eigenvalue weighted by molar-refractivity contribution is -0.145. The van der Waals surface area contributed by atoms with E-state index in [0.717, 1.165) is 17.5 Å². The molecule has 1 fully saturated rings. The minimum absolute atomic E-state index is 0.0198. The zero-order valence-corrected chi connectivity index (χ0v) is 25.2. The maximum Gasteiger partial charge on any atom is 0.335 e. The average molecular weight is 571 g/mol. The van der Waals surface area contributed by atoms with Crippen molar-refractivity contribution in [3.05, 3.63) is 89.0 Å². The molecule has 0 bridgehead atoms. The van der Waals surface area contributed by atoms with Crippen LogP contribution in [0.1, 0.15) is 68.4 Å². The van der Waals surface area contributed by atoms with Gasteiger partial charge in [-0.15, -0.1) is 0 Å². The van der Waals surface area contributed by atoms with Gasteiger partial charge in [0.15, 0.2) is 0 Å². The van der Waals surface area contributed by atoms with Crippen molar-refractivity contribution in [2.45, 2.75) is 52.4 Å². The van der Waals surface area contributed by atoms with Crippen LogP contribution in [0.25, 0.3) is 5.57 Å². The van der Waals surface area contributed by atoms with Crippen LogP contribution in [0.4, 0.5) is 0 Å². The average Bonchev–Trinajstić information content (AvgIpc) is 2.99. The third-order valence-electron chi connectivity index (χ3n) is 9.67. The first kappa shape index (κ1) is 29.8. The van der Waals surface area contributed by atoms with Crippen molar-refractivity contribution in [1.29, 1.82) is 0 Å². The summed E-state index contributed by atoms with van der Waals surface area (Å²) in [4.78, 5) is 42.5. The number of carboxylic acids is 1. The van der Waals surface area contributed by atoms with Crippen LogP contribution < -0.4 is 0 Å². The Morgan fingerprint density at radius 1 is 0.905 bits per heavy atom. The molecule has 1 atom stereocenters. The van der Waals surface area contributed by atoms with E-state index in [2.05, 4.69) is 45.1 Å². The predicted molar refractivity (Wildman–Crippen MR) is 163 cm³/mol. The van der Waals surface area contributed by atoms with Crippen LogP contribution in [0.2, 0.25) is 0 Å². The molecule has 222 valence electrons. The lowest BCUT2D eigenvalue weighted by Crippen LogP contribution is -2.57. The van der Waals surface area contributed by atoms with Gasteiger partial charge in [0.2, 0.25) is 11.8 Å². The zero-order chi connectivity index (χ0) is 30.1. The van der Waals surface area contributed by atoms with Crippen molar-refractivity contribution < 1.29 is 24.2 Å². The molecule has 1 aliphatic carbocycles. The van der Waals surface area contributed by atoms with Crippen LogP contribution in [-0.4, -0.2) is 72.1 Å².